The summed E-state index contributed by atoms with van der Waals surface area (Å²) >= 11 is 0. The van der Waals surface area contributed by atoms with Gasteiger partial charge in [0.05, 0.1) is 0 Å². The average molecular weight is 220 g/mol. The van der Waals surface area contributed by atoms with E-state index in [4.69, 9.17) is 0 Å². The molecular weight excluding hydrogens is 192 g/mol. The Morgan fingerprint density at radius 3 is 2.56 bits per heavy atom. The lowest BCUT2D eigenvalue weighted by Gasteiger charge is -2.19. The Morgan fingerprint density at radius 1 is 1.38 bits per heavy atom. The smallest absolute Gasteiger partial charge is 0.00151 e. The molecule has 16 heavy (non-hydrogen) atoms. The third-order valence-corrected chi connectivity index (χ3v) is 2.85. The van der Waals surface area contributed by atoms with E-state index in [9.17, 15) is 0 Å². The lowest BCUT2D eigenvalue weighted by Crippen LogP contribution is -2.08. The van der Waals surface area contributed by atoms with E-state index in [1.54, 1.807) is 0 Å². The van der Waals surface area contributed by atoms with E-state index < -0.39 is 0 Å². The minimum Gasteiger partial charge on any atom is -0.0805 e. The predicted octanol–water partition coefficient (Wildman–Crippen LogP) is 5.53. The van der Waals surface area contributed by atoms with Crippen LogP contribution < -0.4 is 0 Å². The van der Waals surface area contributed by atoms with E-state index in [-0.39, 0.29) is 0 Å². The maximum absolute atomic E-state index is 2.43. The van der Waals surface area contributed by atoms with Gasteiger partial charge in [-0.2, -0.15) is 0 Å². The molecular formula is C16H28. The highest BCUT2D eigenvalue weighted by atomic mass is 14.2. The highest BCUT2D eigenvalue weighted by Gasteiger charge is 2.12. The van der Waals surface area contributed by atoms with E-state index in [0.29, 0.717) is 11.8 Å². The summed E-state index contributed by atoms with van der Waals surface area (Å²) in [6.45, 7) is 13.0. The van der Waals surface area contributed by atoms with Crippen molar-refractivity contribution in [1.82, 2.24) is 0 Å². The number of allylic oxidation sites excluding steroid dienone is 6. The molecule has 0 N–H and O–H groups in total. The Hall–Kier alpha value is -0.780. The van der Waals surface area contributed by atoms with Gasteiger partial charge in [0.2, 0.25) is 0 Å². The van der Waals surface area contributed by atoms with Crippen LogP contribution in [-0.4, -0.2) is 0 Å². The van der Waals surface area contributed by atoms with Gasteiger partial charge >= 0.3 is 0 Å². The monoisotopic (exact) mass is 220 g/mol. The van der Waals surface area contributed by atoms with Crippen LogP contribution in [0.2, 0.25) is 0 Å². The molecule has 92 valence electrons. The van der Waals surface area contributed by atoms with Crippen LogP contribution in [0.5, 0.6) is 0 Å². The Morgan fingerprint density at radius 2 is 2.00 bits per heavy atom. The molecule has 1 aliphatic rings. The Balaban J connectivity index is 0.00000106. The molecule has 0 saturated heterocycles. The van der Waals surface area contributed by atoms with Gasteiger partial charge in [-0.25, -0.2) is 0 Å². The first-order valence-corrected chi connectivity index (χ1v) is 6.67. The molecule has 0 aromatic rings. The van der Waals surface area contributed by atoms with E-state index in [1.165, 1.54) is 24.0 Å². The number of hydrogen-bond acceptors (Lipinski definition) is 0. The predicted molar refractivity (Wildman–Crippen MR) is 75.6 cm³/mol. The highest BCUT2D eigenvalue weighted by Crippen LogP contribution is 2.25. The van der Waals surface area contributed by atoms with Crippen molar-refractivity contribution in [3.8, 4) is 0 Å². The molecule has 1 aliphatic carbocycles. The maximum Gasteiger partial charge on any atom is 0.00151 e. The topological polar surface area (TPSA) is 0 Å². The average Bonchev–Trinajstić information content (AvgIpc) is 2.27. The molecule has 0 bridgehead atoms. The summed E-state index contributed by atoms with van der Waals surface area (Å²) in [6, 6.07) is 0. The molecule has 0 nitrogen and oxygen atoms in total. The lowest BCUT2D eigenvalue weighted by molar-refractivity contribution is 0.595. The number of rotatable bonds is 3. The second kappa shape index (κ2) is 8.38. The van der Waals surface area contributed by atoms with Gasteiger partial charge in [0.1, 0.15) is 0 Å². The van der Waals surface area contributed by atoms with Gasteiger partial charge in [-0.3, -0.25) is 0 Å². The van der Waals surface area contributed by atoms with Crippen LogP contribution >= 0.6 is 0 Å². The molecule has 0 aromatic heterocycles. The van der Waals surface area contributed by atoms with Crippen LogP contribution in [0.3, 0.4) is 0 Å². The molecule has 0 aliphatic heterocycles. The summed E-state index contributed by atoms with van der Waals surface area (Å²) in [7, 11) is 0. The van der Waals surface area contributed by atoms with Crippen molar-refractivity contribution < 1.29 is 0 Å². The van der Waals surface area contributed by atoms with Crippen molar-refractivity contribution in [2.45, 2.75) is 54.4 Å². The van der Waals surface area contributed by atoms with Gasteiger partial charge in [-0.15, -0.1) is 0 Å². The SMILES string of the molecule is CC.CCC/C(C)=C\C1C=C(C)C=CC1C. The molecule has 0 fully saturated rings. The first-order chi connectivity index (χ1) is 7.63. The fraction of sp³-hybridized carbons (Fsp3) is 0.625. The number of hydrogen-bond donors (Lipinski definition) is 0. The molecule has 0 saturated carbocycles. The fourth-order valence-electron chi connectivity index (χ4n) is 1.95. The first-order valence-electron chi connectivity index (χ1n) is 6.67. The van der Waals surface area contributed by atoms with Gasteiger partial charge < -0.3 is 0 Å². The molecule has 0 amide bonds. The lowest BCUT2D eigenvalue weighted by atomic mass is 9.86. The zero-order valence-electron chi connectivity index (χ0n) is 11.9. The van der Waals surface area contributed by atoms with Crippen molar-refractivity contribution in [2.75, 3.05) is 0 Å². The molecule has 0 radical (unpaired) electrons. The summed E-state index contributed by atoms with van der Waals surface area (Å²) in [6.07, 6.45) is 11.8. The quantitative estimate of drug-likeness (QED) is 0.549. The summed E-state index contributed by atoms with van der Waals surface area (Å²) < 4.78 is 0. The zero-order chi connectivity index (χ0) is 12.6. The second-order valence-electron chi connectivity index (χ2n) is 4.47. The Labute approximate surface area is 102 Å². The van der Waals surface area contributed by atoms with E-state index in [0.717, 1.165) is 0 Å². The summed E-state index contributed by atoms with van der Waals surface area (Å²) in [5.74, 6) is 1.28. The van der Waals surface area contributed by atoms with Crippen molar-refractivity contribution in [3.05, 3.63) is 35.5 Å². The molecule has 0 heteroatoms. The fourth-order valence-corrected chi connectivity index (χ4v) is 1.95. The van der Waals surface area contributed by atoms with Gasteiger partial charge in [0.25, 0.3) is 0 Å². The largest absolute Gasteiger partial charge is 0.0805 e. The Bertz CT molecular complexity index is 266. The molecule has 0 aromatic carbocycles. The highest BCUT2D eigenvalue weighted by molar-refractivity contribution is 5.26. The van der Waals surface area contributed by atoms with Gasteiger partial charge in [0, 0.05) is 5.92 Å². The van der Waals surface area contributed by atoms with Gasteiger partial charge in [-0.05, 0) is 26.2 Å². The van der Waals surface area contributed by atoms with E-state index in [2.05, 4.69) is 52.0 Å². The van der Waals surface area contributed by atoms with Crippen molar-refractivity contribution in [3.63, 3.8) is 0 Å². The molecule has 0 spiro atoms. The van der Waals surface area contributed by atoms with E-state index >= 15 is 0 Å². The van der Waals surface area contributed by atoms with E-state index in [1.807, 2.05) is 13.8 Å². The normalized spacial score (nSPS) is 24.6. The minimum atomic E-state index is 0.617. The third-order valence-electron chi connectivity index (χ3n) is 2.85. The minimum absolute atomic E-state index is 0.617. The van der Waals surface area contributed by atoms with Gasteiger partial charge in [0.15, 0.2) is 0 Å². The zero-order valence-corrected chi connectivity index (χ0v) is 11.9. The summed E-state index contributed by atoms with van der Waals surface area (Å²) in [4.78, 5) is 0. The molecule has 2 atom stereocenters. The van der Waals surface area contributed by atoms with Crippen LogP contribution in [0, 0.1) is 11.8 Å². The van der Waals surface area contributed by atoms with Crippen molar-refractivity contribution in [1.29, 1.82) is 0 Å². The van der Waals surface area contributed by atoms with Crippen LogP contribution in [0.15, 0.2) is 35.5 Å². The third kappa shape index (κ3) is 5.34. The van der Waals surface area contributed by atoms with Crippen LogP contribution in [0.1, 0.15) is 54.4 Å². The maximum atomic E-state index is 2.43. The van der Waals surface area contributed by atoms with Crippen LogP contribution in [-0.2, 0) is 0 Å². The Kier molecular flexibility index (Phi) is 7.97. The molecule has 1 rings (SSSR count). The first kappa shape index (κ1) is 15.2. The summed E-state index contributed by atoms with van der Waals surface area (Å²) in [5, 5.41) is 0. The van der Waals surface area contributed by atoms with Crippen LogP contribution in [0.4, 0.5) is 0 Å². The molecule has 0 heterocycles. The molecule has 2 unspecified atom stereocenters. The van der Waals surface area contributed by atoms with Crippen molar-refractivity contribution in [2.24, 2.45) is 11.8 Å². The van der Waals surface area contributed by atoms with Crippen molar-refractivity contribution >= 4 is 0 Å². The van der Waals surface area contributed by atoms with Gasteiger partial charge in [-0.1, -0.05) is 69.6 Å². The summed E-state index contributed by atoms with van der Waals surface area (Å²) in [5.41, 5.74) is 2.93. The van der Waals surface area contributed by atoms with Crippen LogP contribution in [0.25, 0.3) is 0 Å². The second-order valence-corrected chi connectivity index (χ2v) is 4.47. The standard InChI is InChI=1S/C14H22.C2H6/c1-5-6-11(2)9-14-10-12(3)7-8-13(14)4;1-2/h7-10,13-14H,5-6H2,1-4H3;1-2H3/b11-9-;.